The largest absolute Gasteiger partial charge is 0.462 e. The fraction of sp³-hybridized carbons (Fsp3) is 0.597. The second-order valence-electron chi connectivity index (χ2n) is 18.8. The second kappa shape index (κ2) is 59.8. The van der Waals surface area contributed by atoms with Crippen LogP contribution in [0.3, 0.4) is 0 Å². The molecular formula is C67H106O6. The highest BCUT2D eigenvalue weighted by Gasteiger charge is 2.19. The van der Waals surface area contributed by atoms with E-state index in [2.05, 4.69) is 161 Å². The van der Waals surface area contributed by atoms with Crippen molar-refractivity contribution in [3.63, 3.8) is 0 Å². The van der Waals surface area contributed by atoms with Gasteiger partial charge in [0.2, 0.25) is 0 Å². The van der Waals surface area contributed by atoms with Crippen LogP contribution in [-0.4, -0.2) is 37.2 Å². The van der Waals surface area contributed by atoms with Gasteiger partial charge in [-0.25, -0.2) is 0 Å². The van der Waals surface area contributed by atoms with Crippen LogP contribution < -0.4 is 0 Å². The van der Waals surface area contributed by atoms with Crippen LogP contribution >= 0.6 is 0 Å². The van der Waals surface area contributed by atoms with Gasteiger partial charge in [-0.1, -0.05) is 237 Å². The SMILES string of the molecule is CC/C=C\C/C=C\C/C=C\C/C=C\C/C=C\C/C=C\CCC(=O)OCC(COC(=O)CCCCCC/C=C\C/C=C\C/C=C\C/C=C\CC)OC(=O)CCCCCCCCCCC/C=C\C/C=C\CCCCC. The second-order valence-corrected chi connectivity index (χ2v) is 18.8. The molecule has 0 bridgehead atoms. The van der Waals surface area contributed by atoms with Crippen molar-refractivity contribution < 1.29 is 28.6 Å². The molecule has 6 heteroatoms. The first-order chi connectivity index (χ1) is 36.0. The minimum atomic E-state index is -0.829. The molecule has 0 amide bonds. The summed E-state index contributed by atoms with van der Waals surface area (Å²) in [6.45, 7) is 6.29. The monoisotopic (exact) mass is 1010 g/mol. The van der Waals surface area contributed by atoms with Crippen molar-refractivity contribution in [1.29, 1.82) is 0 Å². The summed E-state index contributed by atoms with van der Waals surface area (Å²) < 4.78 is 16.8. The first-order valence-electron chi connectivity index (χ1n) is 29.3. The summed E-state index contributed by atoms with van der Waals surface area (Å²) in [5.41, 5.74) is 0. The lowest BCUT2D eigenvalue weighted by atomic mass is 10.1. The molecule has 73 heavy (non-hydrogen) atoms. The Morgan fingerprint density at radius 2 is 0.562 bits per heavy atom. The first-order valence-corrected chi connectivity index (χ1v) is 29.3. The predicted octanol–water partition coefficient (Wildman–Crippen LogP) is 20.0. The molecule has 0 spiro atoms. The van der Waals surface area contributed by atoms with Crippen molar-refractivity contribution in [2.24, 2.45) is 0 Å². The topological polar surface area (TPSA) is 78.9 Å². The normalized spacial score (nSPS) is 13.2. The highest BCUT2D eigenvalue weighted by molar-refractivity contribution is 5.71. The van der Waals surface area contributed by atoms with Crippen molar-refractivity contribution >= 4 is 17.9 Å². The molecule has 0 aromatic heterocycles. The molecule has 0 fully saturated rings. The Labute approximate surface area is 448 Å². The van der Waals surface area contributed by atoms with E-state index < -0.39 is 6.10 Å². The van der Waals surface area contributed by atoms with E-state index in [9.17, 15) is 14.4 Å². The highest BCUT2D eigenvalue weighted by atomic mass is 16.6. The number of unbranched alkanes of at least 4 members (excludes halogenated alkanes) is 16. The van der Waals surface area contributed by atoms with Crippen molar-refractivity contribution in [3.05, 3.63) is 146 Å². The van der Waals surface area contributed by atoms with Gasteiger partial charge in [0.15, 0.2) is 6.10 Å². The van der Waals surface area contributed by atoms with Crippen molar-refractivity contribution in [2.75, 3.05) is 13.2 Å². The van der Waals surface area contributed by atoms with Gasteiger partial charge in [0.1, 0.15) is 13.2 Å². The van der Waals surface area contributed by atoms with Crippen molar-refractivity contribution in [3.8, 4) is 0 Å². The van der Waals surface area contributed by atoms with Gasteiger partial charge < -0.3 is 14.2 Å². The standard InChI is InChI=1S/C67H106O6/c1-4-7-10-13-16-19-22-25-28-31-33-36-39-42-45-48-51-54-57-60-66(69)72-63-64(62-71-65(68)59-56-53-50-47-44-41-38-35-30-27-24-21-18-15-12-9-6-3)73-67(70)61-58-55-52-49-46-43-40-37-34-32-29-26-23-20-17-14-11-8-5-2/h7,9-10,12,16-21,25-30,33,36,38,41-42,45,51,54,64H,4-6,8,11,13-15,22-24,31-32,34-35,37,39-40,43-44,46-50,52-53,55-63H2,1-3H3/b10-7-,12-9-,19-16-,20-17-,21-18-,28-25-,29-26-,30-27-,36-33-,41-38-,45-42-,54-51-. The van der Waals surface area contributed by atoms with Gasteiger partial charge in [-0.3, -0.25) is 14.4 Å². The lowest BCUT2D eigenvalue weighted by molar-refractivity contribution is -0.166. The number of esters is 3. The van der Waals surface area contributed by atoms with Crippen LogP contribution in [-0.2, 0) is 28.6 Å². The molecular weight excluding hydrogens is 901 g/mol. The third kappa shape index (κ3) is 58.1. The maximum atomic E-state index is 12.9. The Bertz CT molecular complexity index is 1630. The van der Waals surface area contributed by atoms with Crippen LogP contribution in [0.5, 0.6) is 0 Å². The van der Waals surface area contributed by atoms with Crippen LogP contribution in [0, 0.1) is 0 Å². The molecule has 0 aliphatic heterocycles. The molecule has 0 aromatic rings. The van der Waals surface area contributed by atoms with E-state index in [1.807, 2.05) is 6.08 Å². The highest BCUT2D eigenvalue weighted by Crippen LogP contribution is 2.14. The van der Waals surface area contributed by atoms with Gasteiger partial charge >= 0.3 is 17.9 Å². The Morgan fingerprint density at radius 3 is 0.918 bits per heavy atom. The minimum absolute atomic E-state index is 0.121. The van der Waals surface area contributed by atoms with E-state index in [0.717, 1.165) is 122 Å². The van der Waals surface area contributed by atoms with Gasteiger partial charge in [0.25, 0.3) is 0 Å². The molecule has 1 atom stereocenters. The van der Waals surface area contributed by atoms with Crippen molar-refractivity contribution in [2.45, 2.75) is 245 Å². The summed E-state index contributed by atoms with van der Waals surface area (Å²) in [4.78, 5) is 38.2. The average molecular weight is 1010 g/mol. The number of rotatable bonds is 51. The van der Waals surface area contributed by atoms with E-state index >= 15 is 0 Å². The molecule has 6 nitrogen and oxygen atoms in total. The lowest BCUT2D eigenvalue weighted by Gasteiger charge is -2.18. The van der Waals surface area contributed by atoms with E-state index in [-0.39, 0.29) is 37.5 Å². The molecule has 0 rings (SSSR count). The smallest absolute Gasteiger partial charge is 0.306 e. The summed E-state index contributed by atoms with van der Waals surface area (Å²) in [5.74, 6) is -1.04. The lowest BCUT2D eigenvalue weighted by Crippen LogP contribution is -2.30. The molecule has 0 radical (unpaired) electrons. The fourth-order valence-electron chi connectivity index (χ4n) is 7.49. The molecule has 0 saturated carbocycles. The van der Waals surface area contributed by atoms with Crippen LogP contribution in [0.2, 0.25) is 0 Å². The number of ether oxygens (including phenoxy) is 3. The van der Waals surface area contributed by atoms with Crippen LogP contribution in [0.25, 0.3) is 0 Å². The van der Waals surface area contributed by atoms with E-state index in [1.165, 1.54) is 70.6 Å². The zero-order chi connectivity index (χ0) is 52.9. The Morgan fingerprint density at radius 1 is 0.288 bits per heavy atom. The average Bonchev–Trinajstić information content (AvgIpc) is 3.39. The zero-order valence-electron chi connectivity index (χ0n) is 46.8. The number of allylic oxidation sites excluding steroid dienone is 24. The van der Waals surface area contributed by atoms with Gasteiger partial charge in [-0.15, -0.1) is 0 Å². The quantitative estimate of drug-likeness (QED) is 0.0261. The summed E-state index contributed by atoms with van der Waals surface area (Å²) >= 11 is 0. The molecule has 0 aromatic carbocycles. The molecule has 0 aliphatic carbocycles. The van der Waals surface area contributed by atoms with Crippen LogP contribution in [0.1, 0.15) is 239 Å². The fourth-order valence-corrected chi connectivity index (χ4v) is 7.49. The van der Waals surface area contributed by atoms with E-state index in [0.29, 0.717) is 19.3 Å². The molecule has 0 saturated heterocycles. The Hall–Kier alpha value is -4.71. The van der Waals surface area contributed by atoms with Gasteiger partial charge in [0.05, 0.1) is 0 Å². The third-order valence-electron chi connectivity index (χ3n) is 11.8. The summed E-state index contributed by atoms with van der Waals surface area (Å²) in [6, 6.07) is 0. The van der Waals surface area contributed by atoms with Gasteiger partial charge in [0, 0.05) is 19.3 Å². The van der Waals surface area contributed by atoms with E-state index in [1.54, 1.807) is 0 Å². The minimum Gasteiger partial charge on any atom is -0.462 e. The summed E-state index contributed by atoms with van der Waals surface area (Å²) in [5, 5.41) is 0. The number of hydrogen-bond donors (Lipinski definition) is 0. The number of carbonyl (C=O) groups excluding carboxylic acids is 3. The Kier molecular flexibility index (Phi) is 56.0. The third-order valence-corrected chi connectivity index (χ3v) is 11.8. The van der Waals surface area contributed by atoms with Crippen LogP contribution in [0.15, 0.2) is 146 Å². The molecule has 0 N–H and O–H groups in total. The van der Waals surface area contributed by atoms with Crippen LogP contribution in [0.4, 0.5) is 0 Å². The zero-order valence-corrected chi connectivity index (χ0v) is 46.8. The molecule has 410 valence electrons. The molecule has 0 heterocycles. The predicted molar refractivity (Wildman–Crippen MR) is 315 cm³/mol. The summed E-state index contributed by atoms with van der Waals surface area (Å²) in [6.07, 6.45) is 85.6. The summed E-state index contributed by atoms with van der Waals surface area (Å²) in [7, 11) is 0. The number of hydrogen-bond acceptors (Lipinski definition) is 6. The van der Waals surface area contributed by atoms with Gasteiger partial charge in [-0.2, -0.15) is 0 Å². The maximum Gasteiger partial charge on any atom is 0.306 e. The maximum absolute atomic E-state index is 12.9. The first kappa shape index (κ1) is 68.3. The van der Waals surface area contributed by atoms with Gasteiger partial charge in [-0.05, 0) is 128 Å². The Balaban J connectivity index is 4.57. The van der Waals surface area contributed by atoms with E-state index in [4.69, 9.17) is 14.2 Å². The molecule has 1 unspecified atom stereocenters. The van der Waals surface area contributed by atoms with Crippen molar-refractivity contribution in [1.82, 2.24) is 0 Å². The number of carbonyl (C=O) groups is 3. The molecule has 0 aliphatic rings.